The van der Waals surface area contributed by atoms with Crippen molar-refractivity contribution in [2.45, 2.75) is 141 Å². The van der Waals surface area contributed by atoms with E-state index in [0.29, 0.717) is 5.41 Å². The highest BCUT2D eigenvalue weighted by Gasteiger charge is 2.40. The van der Waals surface area contributed by atoms with Gasteiger partial charge in [-0.15, -0.1) is 0 Å². The Hall–Kier alpha value is 0.0649. The Kier molecular flexibility index (Phi) is 7.54. The van der Waals surface area contributed by atoms with Gasteiger partial charge in [0.1, 0.15) is 0 Å². The van der Waals surface area contributed by atoms with Gasteiger partial charge in [-0.05, 0) is 86.4 Å². The van der Waals surface area contributed by atoms with Crippen molar-refractivity contribution in [3.8, 4) is 0 Å². The fourth-order valence-electron chi connectivity index (χ4n) is 8.42. The first-order valence-corrected chi connectivity index (χ1v) is 13.5. The number of rotatable bonds is 3. The van der Waals surface area contributed by atoms with Gasteiger partial charge in [-0.25, -0.2) is 0 Å². The fraction of sp³-hybridized carbons (Fsp3) is 1.00. The maximum Gasteiger partial charge on any atom is 0.0660 e. The van der Waals surface area contributed by atoms with Crippen molar-refractivity contribution in [3.63, 3.8) is 0 Å². The van der Waals surface area contributed by atoms with E-state index in [1.165, 1.54) is 83.5 Å². The maximum absolute atomic E-state index is 6.38. The average Bonchev–Trinajstić information content (AvgIpc) is 3.39. The van der Waals surface area contributed by atoms with E-state index >= 15 is 0 Å². The molecule has 28 heavy (non-hydrogen) atoms. The molecule has 0 N–H and O–H groups in total. The van der Waals surface area contributed by atoms with Crippen molar-refractivity contribution in [3.05, 3.63) is 0 Å². The monoisotopic (exact) mass is 382 g/mol. The van der Waals surface area contributed by atoms with Crippen LogP contribution in [-0.2, 0) is 0 Å². The zero-order chi connectivity index (χ0) is 19.3. The predicted octanol–water partition coefficient (Wildman–Crippen LogP) is 8.64. The van der Waals surface area contributed by atoms with Gasteiger partial charge in [0.15, 0.2) is 0 Å². The summed E-state index contributed by atoms with van der Waals surface area (Å²) in [6, 6.07) is 0. The molecule has 0 amide bonds. The maximum atomic E-state index is 6.38. The molecule has 4 aliphatic rings. The van der Waals surface area contributed by atoms with Crippen molar-refractivity contribution in [2.24, 2.45) is 28.6 Å². The van der Waals surface area contributed by atoms with Gasteiger partial charge in [-0.1, -0.05) is 83.4 Å². The molecule has 2 unspecified atom stereocenters. The van der Waals surface area contributed by atoms with Crippen molar-refractivity contribution in [1.29, 1.82) is 0 Å². The first kappa shape index (κ1) is 21.3. The molecule has 0 aliphatic heterocycles. The lowest BCUT2D eigenvalue weighted by atomic mass is 9.63. The zero-order valence-electron chi connectivity index (χ0n) is 18.9. The van der Waals surface area contributed by atoms with Crippen molar-refractivity contribution in [2.75, 3.05) is 0 Å². The third-order valence-corrected chi connectivity index (χ3v) is 10.3. The lowest BCUT2D eigenvalue weighted by molar-refractivity contribution is 0.128. The van der Waals surface area contributed by atoms with Crippen LogP contribution in [-0.4, -0.2) is 7.85 Å². The van der Waals surface area contributed by atoms with Crippen LogP contribution in [0.4, 0.5) is 0 Å². The molecule has 2 radical (unpaired) electrons. The molecule has 0 aromatic rings. The lowest BCUT2D eigenvalue weighted by Crippen LogP contribution is -2.28. The Balaban J connectivity index is 1.37. The standard InChI is InChI=1S/C27H47B/c28-22-27(19-7-8-20-27)25-13-4-6-17-26(18-9-14-25)16-5-3-12-24(15-21-26)23-10-1-2-11-23/h23-25H,1-22H2/t24?,25-,26?/m1/s1. The number of hydrogen-bond donors (Lipinski definition) is 0. The summed E-state index contributed by atoms with van der Waals surface area (Å²) < 4.78 is 0. The topological polar surface area (TPSA) is 0 Å². The molecule has 4 fully saturated rings. The molecule has 0 nitrogen and oxygen atoms in total. The van der Waals surface area contributed by atoms with Crippen LogP contribution in [0.5, 0.6) is 0 Å². The van der Waals surface area contributed by atoms with E-state index in [1.807, 2.05) is 0 Å². The summed E-state index contributed by atoms with van der Waals surface area (Å²) in [5.41, 5.74) is 1.25. The summed E-state index contributed by atoms with van der Waals surface area (Å²) in [6.07, 6.45) is 32.7. The molecule has 158 valence electrons. The molecule has 1 heteroatoms. The van der Waals surface area contributed by atoms with E-state index in [4.69, 9.17) is 7.85 Å². The molecule has 0 heterocycles. The third-order valence-electron chi connectivity index (χ3n) is 10.3. The van der Waals surface area contributed by atoms with Gasteiger partial charge in [-0.3, -0.25) is 0 Å². The van der Waals surface area contributed by atoms with Crippen LogP contribution in [0.25, 0.3) is 0 Å². The number of hydrogen-bond acceptors (Lipinski definition) is 0. The van der Waals surface area contributed by atoms with Gasteiger partial charge in [0.05, 0.1) is 7.85 Å². The summed E-state index contributed by atoms with van der Waals surface area (Å²) in [5, 5.41) is 0. The van der Waals surface area contributed by atoms with Gasteiger partial charge >= 0.3 is 0 Å². The lowest BCUT2D eigenvalue weighted by Gasteiger charge is -2.39. The van der Waals surface area contributed by atoms with Gasteiger partial charge in [0.25, 0.3) is 0 Å². The minimum atomic E-state index is 0.534. The summed E-state index contributed by atoms with van der Waals surface area (Å²) >= 11 is 0. The second kappa shape index (κ2) is 9.91. The summed E-state index contributed by atoms with van der Waals surface area (Å²) in [5.74, 6) is 3.12. The Morgan fingerprint density at radius 2 is 1.00 bits per heavy atom. The Morgan fingerprint density at radius 1 is 0.500 bits per heavy atom. The van der Waals surface area contributed by atoms with E-state index in [-0.39, 0.29) is 0 Å². The summed E-state index contributed by atoms with van der Waals surface area (Å²) in [7, 11) is 6.38. The van der Waals surface area contributed by atoms with Crippen LogP contribution in [0.2, 0.25) is 6.32 Å². The Bertz CT molecular complexity index is 459. The highest BCUT2D eigenvalue weighted by Crippen LogP contribution is 2.53. The van der Waals surface area contributed by atoms with E-state index in [2.05, 4.69) is 0 Å². The van der Waals surface area contributed by atoms with Crippen LogP contribution in [0.1, 0.15) is 135 Å². The first-order chi connectivity index (χ1) is 13.8. The van der Waals surface area contributed by atoms with Crippen LogP contribution < -0.4 is 0 Å². The van der Waals surface area contributed by atoms with Gasteiger partial charge in [0.2, 0.25) is 0 Å². The molecular formula is C27H47B. The van der Waals surface area contributed by atoms with Crippen LogP contribution in [0.3, 0.4) is 0 Å². The third kappa shape index (κ3) is 4.86. The summed E-state index contributed by atoms with van der Waals surface area (Å²) in [6.45, 7) is 0. The quantitative estimate of drug-likeness (QED) is 0.428. The van der Waals surface area contributed by atoms with Gasteiger partial charge in [0, 0.05) is 0 Å². The van der Waals surface area contributed by atoms with E-state index < -0.39 is 0 Å². The van der Waals surface area contributed by atoms with Gasteiger partial charge < -0.3 is 0 Å². The second-order valence-corrected chi connectivity index (χ2v) is 11.7. The highest BCUT2D eigenvalue weighted by atomic mass is 14.4. The zero-order valence-corrected chi connectivity index (χ0v) is 18.9. The smallest absolute Gasteiger partial charge is 0.0660 e. The molecule has 3 atom stereocenters. The Morgan fingerprint density at radius 3 is 1.68 bits per heavy atom. The molecule has 4 saturated carbocycles. The molecular weight excluding hydrogens is 335 g/mol. The highest BCUT2D eigenvalue weighted by molar-refractivity contribution is 6.09. The molecule has 4 aliphatic carbocycles. The minimum Gasteiger partial charge on any atom is -0.0829 e. The Labute approximate surface area is 177 Å². The minimum absolute atomic E-state index is 0.534. The van der Waals surface area contributed by atoms with Crippen LogP contribution in [0, 0.1) is 28.6 Å². The van der Waals surface area contributed by atoms with E-state index in [1.54, 1.807) is 51.4 Å². The summed E-state index contributed by atoms with van der Waals surface area (Å²) in [4.78, 5) is 0. The first-order valence-electron chi connectivity index (χ1n) is 13.5. The molecule has 0 aromatic carbocycles. The van der Waals surface area contributed by atoms with Crippen LogP contribution >= 0.6 is 0 Å². The second-order valence-electron chi connectivity index (χ2n) is 11.7. The molecule has 1 spiro atoms. The van der Waals surface area contributed by atoms with Crippen molar-refractivity contribution >= 4 is 7.85 Å². The fourth-order valence-corrected chi connectivity index (χ4v) is 8.42. The van der Waals surface area contributed by atoms with E-state index in [9.17, 15) is 0 Å². The molecule has 4 rings (SSSR count). The predicted molar refractivity (Wildman–Crippen MR) is 123 cm³/mol. The molecule has 0 aromatic heterocycles. The van der Waals surface area contributed by atoms with Crippen molar-refractivity contribution < 1.29 is 0 Å². The van der Waals surface area contributed by atoms with E-state index in [0.717, 1.165) is 29.5 Å². The molecule has 0 bridgehead atoms. The van der Waals surface area contributed by atoms with Crippen LogP contribution in [0.15, 0.2) is 0 Å². The largest absolute Gasteiger partial charge is 0.0829 e. The molecule has 0 saturated heterocycles. The van der Waals surface area contributed by atoms with Gasteiger partial charge in [-0.2, -0.15) is 0 Å². The van der Waals surface area contributed by atoms with Crippen molar-refractivity contribution in [1.82, 2.24) is 0 Å². The SMILES string of the molecule is [B]CC1([C@@H]2CCCCC3(CCCCC(C4CCCC4)CC3)CCC2)CCCC1. The normalized spacial score (nSPS) is 38.4. The average molecular weight is 382 g/mol.